The van der Waals surface area contributed by atoms with E-state index >= 15 is 0 Å². The molecule has 1 aromatic carbocycles. The molecule has 0 aliphatic carbocycles. The van der Waals surface area contributed by atoms with Gasteiger partial charge in [-0.1, -0.05) is 0 Å². The Balaban J connectivity index is 2.06. The number of nitrogens with zero attached hydrogens (tertiary/aromatic N) is 1. The zero-order valence-electron chi connectivity index (χ0n) is 11.0. The van der Waals surface area contributed by atoms with E-state index in [1.165, 1.54) is 25.3 Å². The van der Waals surface area contributed by atoms with E-state index in [9.17, 15) is 18.0 Å². The highest BCUT2D eigenvalue weighted by Crippen LogP contribution is 2.30. The Labute approximate surface area is 119 Å². The van der Waals surface area contributed by atoms with Crippen molar-refractivity contribution < 1.29 is 18.0 Å². The Kier molecular flexibility index (Phi) is 4.11. The van der Waals surface area contributed by atoms with Crippen molar-refractivity contribution in [3.8, 4) is 0 Å². The van der Waals surface area contributed by atoms with Crippen LogP contribution in [0, 0.1) is 0 Å². The predicted molar refractivity (Wildman–Crippen MR) is 73.3 cm³/mol. The molecule has 4 nitrogen and oxygen atoms in total. The first-order valence-electron chi connectivity index (χ1n) is 6.02. The molecule has 0 aliphatic heterocycles. The average molecular weight is 295 g/mol. The van der Waals surface area contributed by atoms with Gasteiger partial charge in [0.2, 0.25) is 5.91 Å². The van der Waals surface area contributed by atoms with Gasteiger partial charge in [-0.3, -0.25) is 4.79 Å². The molecular formula is C14H12F3N3O. The molecule has 0 unspecified atom stereocenters. The van der Waals surface area contributed by atoms with Gasteiger partial charge in [0.25, 0.3) is 0 Å². The molecule has 0 saturated heterocycles. The van der Waals surface area contributed by atoms with Crippen molar-refractivity contribution in [1.29, 1.82) is 0 Å². The zero-order valence-corrected chi connectivity index (χ0v) is 11.0. The highest BCUT2D eigenvalue weighted by molar-refractivity contribution is 5.88. The molecule has 1 aromatic heterocycles. The summed E-state index contributed by atoms with van der Waals surface area (Å²) in [6.45, 7) is 1.38. The minimum atomic E-state index is -4.35. The number of halogens is 3. The van der Waals surface area contributed by atoms with Gasteiger partial charge in [0.05, 0.1) is 17.4 Å². The molecule has 2 N–H and O–H groups in total. The zero-order chi connectivity index (χ0) is 15.5. The van der Waals surface area contributed by atoms with Crippen molar-refractivity contribution in [2.24, 2.45) is 0 Å². The van der Waals surface area contributed by atoms with E-state index in [0.29, 0.717) is 17.2 Å². The molecule has 7 heteroatoms. The standard InChI is InChI=1S/C14H12F3N3O/c1-9(21)19-12-6-7-13(18-8-12)20-11-4-2-10(3-5-11)14(15,16)17/h2-8H,1H3,(H,18,20)(H,19,21). The van der Waals surface area contributed by atoms with E-state index in [1.54, 1.807) is 12.1 Å². The number of hydrogen-bond donors (Lipinski definition) is 2. The van der Waals surface area contributed by atoms with Gasteiger partial charge in [-0.25, -0.2) is 4.98 Å². The number of anilines is 3. The summed E-state index contributed by atoms with van der Waals surface area (Å²) in [6, 6.07) is 7.89. The summed E-state index contributed by atoms with van der Waals surface area (Å²) in [6.07, 6.45) is -2.90. The van der Waals surface area contributed by atoms with Gasteiger partial charge < -0.3 is 10.6 Å². The van der Waals surface area contributed by atoms with Crippen molar-refractivity contribution in [3.05, 3.63) is 48.2 Å². The summed E-state index contributed by atoms with van der Waals surface area (Å²) in [4.78, 5) is 14.9. The minimum absolute atomic E-state index is 0.208. The number of amides is 1. The molecule has 0 saturated carbocycles. The summed E-state index contributed by atoms with van der Waals surface area (Å²) < 4.78 is 37.3. The van der Waals surface area contributed by atoms with Crippen LogP contribution in [0.25, 0.3) is 0 Å². The molecule has 0 atom stereocenters. The van der Waals surface area contributed by atoms with Gasteiger partial charge in [0, 0.05) is 12.6 Å². The Morgan fingerprint density at radius 1 is 1.05 bits per heavy atom. The van der Waals surface area contributed by atoms with Crippen LogP contribution in [0.2, 0.25) is 0 Å². The van der Waals surface area contributed by atoms with E-state index in [2.05, 4.69) is 15.6 Å². The van der Waals surface area contributed by atoms with Crippen molar-refractivity contribution in [2.45, 2.75) is 13.1 Å². The molecule has 0 fully saturated rings. The fraction of sp³-hybridized carbons (Fsp3) is 0.143. The van der Waals surface area contributed by atoms with Crippen molar-refractivity contribution in [1.82, 2.24) is 4.98 Å². The quantitative estimate of drug-likeness (QED) is 0.905. The van der Waals surface area contributed by atoms with Gasteiger partial charge in [-0.15, -0.1) is 0 Å². The molecule has 1 amide bonds. The second-order valence-corrected chi connectivity index (χ2v) is 4.31. The molecule has 1 heterocycles. The van der Waals surface area contributed by atoms with Gasteiger partial charge in [-0.05, 0) is 36.4 Å². The second kappa shape index (κ2) is 5.82. The minimum Gasteiger partial charge on any atom is -0.340 e. The number of nitrogens with one attached hydrogen (secondary N) is 2. The molecule has 0 aliphatic rings. The largest absolute Gasteiger partial charge is 0.416 e. The summed E-state index contributed by atoms with van der Waals surface area (Å²) in [5.41, 5.74) is 0.324. The third-order valence-electron chi connectivity index (χ3n) is 2.57. The lowest BCUT2D eigenvalue weighted by Crippen LogP contribution is -2.06. The van der Waals surface area contributed by atoms with Crippen LogP contribution in [0.3, 0.4) is 0 Å². The Morgan fingerprint density at radius 3 is 2.14 bits per heavy atom. The van der Waals surface area contributed by atoms with Gasteiger partial charge in [0.15, 0.2) is 0 Å². The van der Waals surface area contributed by atoms with Gasteiger partial charge in [0.1, 0.15) is 5.82 Å². The van der Waals surface area contributed by atoms with Gasteiger partial charge >= 0.3 is 6.18 Å². The summed E-state index contributed by atoms with van der Waals surface area (Å²) >= 11 is 0. The number of hydrogen-bond acceptors (Lipinski definition) is 3. The normalized spacial score (nSPS) is 11.0. The Morgan fingerprint density at radius 2 is 1.67 bits per heavy atom. The van der Waals surface area contributed by atoms with Crippen LogP contribution >= 0.6 is 0 Å². The molecule has 110 valence electrons. The molecule has 21 heavy (non-hydrogen) atoms. The lowest BCUT2D eigenvalue weighted by molar-refractivity contribution is -0.137. The Bertz CT molecular complexity index is 621. The first-order chi connectivity index (χ1) is 9.84. The van der Waals surface area contributed by atoms with E-state index in [0.717, 1.165) is 12.1 Å². The number of carbonyl (C=O) groups is 1. The topological polar surface area (TPSA) is 54.0 Å². The van der Waals surface area contributed by atoms with Crippen LogP contribution in [-0.4, -0.2) is 10.9 Å². The first kappa shape index (κ1) is 14.8. The summed E-state index contributed by atoms with van der Waals surface area (Å²) in [7, 11) is 0. The third kappa shape index (κ3) is 4.20. The molecule has 0 bridgehead atoms. The average Bonchev–Trinajstić information content (AvgIpc) is 2.40. The fourth-order valence-electron chi connectivity index (χ4n) is 1.64. The van der Waals surface area contributed by atoms with Crippen LogP contribution in [-0.2, 0) is 11.0 Å². The lowest BCUT2D eigenvalue weighted by Gasteiger charge is -2.09. The maximum atomic E-state index is 12.4. The number of pyridine rings is 1. The van der Waals surface area contributed by atoms with Gasteiger partial charge in [-0.2, -0.15) is 13.2 Å². The summed E-state index contributed by atoms with van der Waals surface area (Å²) in [5.74, 6) is 0.254. The van der Waals surface area contributed by atoms with E-state index in [1.807, 2.05) is 0 Å². The second-order valence-electron chi connectivity index (χ2n) is 4.31. The molecule has 0 radical (unpaired) electrons. The van der Waals surface area contributed by atoms with Crippen molar-refractivity contribution in [2.75, 3.05) is 10.6 Å². The summed E-state index contributed by atoms with van der Waals surface area (Å²) in [5, 5.41) is 5.44. The van der Waals surface area contributed by atoms with Crippen LogP contribution < -0.4 is 10.6 Å². The monoisotopic (exact) mass is 295 g/mol. The Hall–Kier alpha value is -2.57. The van der Waals surface area contributed by atoms with Crippen LogP contribution in [0.1, 0.15) is 12.5 Å². The van der Waals surface area contributed by atoms with Crippen molar-refractivity contribution in [3.63, 3.8) is 0 Å². The molecule has 0 spiro atoms. The number of rotatable bonds is 3. The SMILES string of the molecule is CC(=O)Nc1ccc(Nc2ccc(C(F)(F)F)cc2)nc1. The lowest BCUT2D eigenvalue weighted by atomic mass is 10.2. The van der Waals surface area contributed by atoms with Crippen LogP contribution in [0.5, 0.6) is 0 Å². The van der Waals surface area contributed by atoms with E-state index in [4.69, 9.17) is 0 Å². The number of carbonyl (C=O) groups excluding carboxylic acids is 1. The fourth-order valence-corrected chi connectivity index (χ4v) is 1.64. The maximum absolute atomic E-state index is 12.4. The number of benzene rings is 1. The van der Waals surface area contributed by atoms with Crippen LogP contribution in [0.4, 0.5) is 30.4 Å². The molecule has 2 rings (SSSR count). The maximum Gasteiger partial charge on any atom is 0.416 e. The number of alkyl halides is 3. The first-order valence-corrected chi connectivity index (χ1v) is 6.02. The smallest absolute Gasteiger partial charge is 0.340 e. The predicted octanol–water partition coefficient (Wildman–Crippen LogP) is 3.80. The van der Waals surface area contributed by atoms with E-state index < -0.39 is 11.7 Å². The molecular weight excluding hydrogens is 283 g/mol. The highest BCUT2D eigenvalue weighted by Gasteiger charge is 2.29. The highest BCUT2D eigenvalue weighted by atomic mass is 19.4. The van der Waals surface area contributed by atoms with E-state index in [-0.39, 0.29) is 5.91 Å². The molecule has 2 aromatic rings. The third-order valence-corrected chi connectivity index (χ3v) is 2.57. The number of aromatic nitrogens is 1. The van der Waals surface area contributed by atoms with Crippen molar-refractivity contribution >= 4 is 23.1 Å². The van der Waals surface area contributed by atoms with Crippen LogP contribution in [0.15, 0.2) is 42.6 Å².